The lowest BCUT2D eigenvalue weighted by atomic mass is 9.94. The Hall–Kier alpha value is -2.23. The highest BCUT2D eigenvalue weighted by Crippen LogP contribution is 2.03. The number of carbonyl (C=O) groups is 1. The molecule has 2 rings (SSSR count). The van der Waals surface area contributed by atoms with Gasteiger partial charge in [0.05, 0.1) is 0 Å². The van der Waals surface area contributed by atoms with Gasteiger partial charge in [-0.05, 0) is 24.5 Å². The first-order valence-electron chi connectivity index (χ1n) is 7.16. The summed E-state index contributed by atoms with van der Waals surface area (Å²) in [5, 5.41) is 2.85. The van der Waals surface area contributed by atoms with Crippen molar-refractivity contribution in [2.24, 2.45) is 0 Å². The fraction of sp³-hybridized carbons (Fsp3) is 0.235. The molecule has 2 aromatic carbocycles. The average molecular weight is 281 g/mol. The van der Waals surface area contributed by atoms with Crippen LogP contribution in [0.5, 0.6) is 0 Å². The second-order valence-corrected chi connectivity index (χ2v) is 5.30. The molecule has 1 N–H and O–H groups in total. The summed E-state index contributed by atoms with van der Waals surface area (Å²) in [5.41, 5.74) is 3.43. The van der Waals surface area contributed by atoms with Crippen LogP contribution in [0.4, 0.5) is 4.79 Å². The number of amides is 1. The lowest BCUT2D eigenvalue weighted by molar-refractivity contribution is 0.136. The Balaban J connectivity index is 1.75. The van der Waals surface area contributed by atoms with Crippen LogP contribution in [0.15, 0.2) is 54.6 Å². The standard InChI is InChI=1S/C17H20BNO2/c1-13(11-14-7-9-16(18)10-8-14)19-17(20)21-12-15-5-3-2-4-6-15/h2-10,13H,11-12,18H2,1H3,(H,19,20). The van der Waals surface area contributed by atoms with Gasteiger partial charge < -0.3 is 10.1 Å². The third-order valence-corrected chi connectivity index (χ3v) is 3.24. The van der Waals surface area contributed by atoms with E-state index in [2.05, 4.69) is 37.4 Å². The van der Waals surface area contributed by atoms with E-state index in [0.717, 1.165) is 12.0 Å². The highest BCUT2D eigenvalue weighted by atomic mass is 16.5. The first-order chi connectivity index (χ1) is 10.1. The normalized spacial score (nSPS) is 11.7. The fourth-order valence-corrected chi connectivity index (χ4v) is 2.09. The summed E-state index contributed by atoms with van der Waals surface area (Å²) in [7, 11) is 2.06. The van der Waals surface area contributed by atoms with Gasteiger partial charge in [-0.3, -0.25) is 0 Å². The van der Waals surface area contributed by atoms with E-state index in [-0.39, 0.29) is 12.1 Å². The van der Waals surface area contributed by atoms with Crippen molar-refractivity contribution in [3.8, 4) is 0 Å². The molecule has 3 nitrogen and oxygen atoms in total. The maximum absolute atomic E-state index is 11.7. The zero-order valence-electron chi connectivity index (χ0n) is 12.5. The van der Waals surface area contributed by atoms with Crippen molar-refractivity contribution in [3.63, 3.8) is 0 Å². The number of nitrogens with one attached hydrogen (secondary N) is 1. The zero-order chi connectivity index (χ0) is 15.1. The number of benzene rings is 2. The fourth-order valence-electron chi connectivity index (χ4n) is 2.09. The Labute approximate surface area is 126 Å². The summed E-state index contributed by atoms with van der Waals surface area (Å²) >= 11 is 0. The van der Waals surface area contributed by atoms with E-state index in [1.807, 2.05) is 37.3 Å². The third kappa shape index (κ3) is 5.34. The van der Waals surface area contributed by atoms with Crippen LogP contribution in [-0.2, 0) is 17.8 Å². The molecule has 0 radical (unpaired) electrons. The van der Waals surface area contributed by atoms with E-state index in [1.165, 1.54) is 11.0 Å². The number of hydrogen-bond acceptors (Lipinski definition) is 2. The molecule has 0 aliphatic carbocycles. The molecule has 4 heteroatoms. The van der Waals surface area contributed by atoms with E-state index in [1.54, 1.807) is 0 Å². The largest absolute Gasteiger partial charge is 0.445 e. The van der Waals surface area contributed by atoms with Crippen molar-refractivity contribution in [3.05, 3.63) is 65.7 Å². The van der Waals surface area contributed by atoms with E-state index < -0.39 is 0 Å². The van der Waals surface area contributed by atoms with E-state index in [4.69, 9.17) is 4.74 Å². The average Bonchev–Trinajstić information content (AvgIpc) is 2.48. The van der Waals surface area contributed by atoms with Gasteiger partial charge in [0.15, 0.2) is 0 Å². The minimum Gasteiger partial charge on any atom is -0.445 e. The Bertz CT molecular complexity index is 569. The van der Waals surface area contributed by atoms with Gasteiger partial charge in [-0.15, -0.1) is 0 Å². The predicted octanol–water partition coefficient (Wildman–Crippen LogP) is 1.80. The molecule has 1 unspecified atom stereocenters. The molecule has 21 heavy (non-hydrogen) atoms. The van der Waals surface area contributed by atoms with Gasteiger partial charge in [-0.2, -0.15) is 0 Å². The topological polar surface area (TPSA) is 38.3 Å². The van der Waals surface area contributed by atoms with Crippen LogP contribution >= 0.6 is 0 Å². The zero-order valence-corrected chi connectivity index (χ0v) is 12.5. The number of rotatable bonds is 5. The van der Waals surface area contributed by atoms with E-state index in [0.29, 0.717) is 6.61 Å². The second kappa shape index (κ2) is 7.53. The van der Waals surface area contributed by atoms with Crippen molar-refractivity contribution in [2.75, 3.05) is 0 Å². The van der Waals surface area contributed by atoms with Crippen molar-refractivity contribution >= 4 is 19.4 Å². The summed E-state index contributed by atoms with van der Waals surface area (Å²) < 4.78 is 5.21. The van der Waals surface area contributed by atoms with Crippen LogP contribution in [0.25, 0.3) is 0 Å². The van der Waals surface area contributed by atoms with Gasteiger partial charge in [-0.1, -0.05) is 60.1 Å². The monoisotopic (exact) mass is 281 g/mol. The molecule has 0 fully saturated rings. The van der Waals surface area contributed by atoms with Gasteiger partial charge in [0.2, 0.25) is 0 Å². The molecule has 1 atom stereocenters. The molecule has 0 aliphatic rings. The first-order valence-corrected chi connectivity index (χ1v) is 7.16. The maximum atomic E-state index is 11.7. The Kier molecular flexibility index (Phi) is 5.44. The lowest BCUT2D eigenvalue weighted by Gasteiger charge is -2.14. The van der Waals surface area contributed by atoms with Crippen molar-refractivity contribution in [1.82, 2.24) is 5.32 Å². The molecule has 0 spiro atoms. The summed E-state index contributed by atoms with van der Waals surface area (Å²) in [5.74, 6) is 0. The van der Waals surface area contributed by atoms with Gasteiger partial charge in [0.1, 0.15) is 14.5 Å². The van der Waals surface area contributed by atoms with Crippen molar-refractivity contribution < 1.29 is 9.53 Å². The van der Waals surface area contributed by atoms with Crippen LogP contribution in [0.2, 0.25) is 0 Å². The van der Waals surface area contributed by atoms with Crippen molar-refractivity contribution in [2.45, 2.75) is 26.0 Å². The van der Waals surface area contributed by atoms with Crippen LogP contribution in [0.1, 0.15) is 18.1 Å². The number of carbonyl (C=O) groups excluding carboxylic acids is 1. The third-order valence-electron chi connectivity index (χ3n) is 3.24. The summed E-state index contributed by atoms with van der Waals surface area (Å²) in [6, 6.07) is 18.0. The first kappa shape index (κ1) is 15.2. The van der Waals surface area contributed by atoms with Gasteiger partial charge in [-0.25, -0.2) is 4.79 Å². The highest BCUT2D eigenvalue weighted by molar-refractivity contribution is 6.32. The molecule has 0 saturated heterocycles. The molecule has 108 valence electrons. The quantitative estimate of drug-likeness (QED) is 0.849. The smallest absolute Gasteiger partial charge is 0.407 e. The summed E-state index contributed by atoms with van der Waals surface area (Å²) in [6.45, 7) is 2.27. The molecule has 2 aromatic rings. The van der Waals surface area contributed by atoms with E-state index >= 15 is 0 Å². The Morgan fingerprint density at radius 3 is 2.43 bits per heavy atom. The molecular formula is C17H20BNO2. The molecule has 0 saturated carbocycles. The number of hydrogen-bond donors (Lipinski definition) is 1. The Morgan fingerprint density at radius 2 is 1.76 bits per heavy atom. The molecule has 0 heterocycles. The molecule has 0 aromatic heterocycles. The minimum atomic E-state index is -0.376. The molecular weight excluding hydrogens is 261 g/mol. The van der Waals surface area contributed by atoms with Crippen LogP contribution < -0.4 is 10.8 Å². The van der Waals surface area contributed by atoms with Crippen LogP contribution in [0.3, 0.4) is 0 Å². The predicted molar refractivity (Wildman–Crippen MR) is 87.5 cm³/mol. The maximum Gasteiger partial charge on any atom is 0.407 e. The minimum absolute atomic E-state index is 0.0379. The lowest BCUT2D eigenvalue weighted by Crippen LogP contribution is -2.34. The highest BCUT2D eigenvalue weighted by Gasteiger charge is 2.09. The van der Waals surface area contributed by atoms with Crippen LogP contribution in [-0.4, -0.2) is 20.0 Å². The van der Waals surface area contributed by atoms with Gasteiger partial charge in [0.25, 0.3) is 0 Å². The Morgan fingerprint density at radius 1 is 1.10 bits per heavy atom. The molecule has 0 aliphatic heterocycles. The summed E-state index contributed by atoms with van der Waals surface area (Å²) in [4.78, 5) is 11.7. The van der Waals surface area contributed by atoms with Crippen molar-refractivity contribution in [1.29, 1.82) is 0 Å². The molecule has 1 amide bonds. The van der Waals surface area contributed by atoms with Gasteiger partial charge in [0, 0.05) is 6.04 Å². The van der Waals surface area contributed by atoms with Crippen LogP contribution in [0, 0.1) is 0 Å². The molecule has 0 bridgehead atoms. The summed E-state index contributed by atoms with van der Waals surface area (Å²) in [6.07, 6.45) is 0.416. The SMILES string of the molecule is Bc1ccc(CC(C)NC(=O)OCc2ccccc2)cc1. The number of ether oxygens (including phenoxy) is 1. The number of alkyl carbamates (subject to hydrolysis) is 1. The second-order valence-electron chi connectivity index (χ2n) is 5.30. The van der Waals surface area contributed by atoms with E-state index in [9.17, 15) is 4.79 Å². The van der Waals surface area contributed by atoms with Gasteiger partial charge >= 0.3 is 6.09 Å².